The van der Waals surface area contributed by atoms with Crippen LogP contribution in [0.25, 0.3) is 22.5 Å². The molecule has 0 saturated heterocycles. The normalized spacial score (nSPS) is 10.8. The van der Waals surface area contributed by atoms with Gasteiger partial charge in [0, 0.05) is 16.1 Å². The Morgan fingerprint density at radius 1 is 0.733 bits per heavy atom. The Labute approximate surface area is 185 Å². The molecule has 0 fully saturated rings. The summed E-state index contributed by atoms with van der Waals surface area (Å²) in [5, 5.41) is 6.15. The van der Waals surface area contributed by atoms with E-state index >= 15 is 0 Å². The van der Waals surface area contributed by atoms with E-state index in [1.54, 1.807) is 14.2 Å². The third-order valence-corrected chi connectivity index (χ3v) is 5.48. The van der Waals surface area contributed by atoms with Gasteiger partial charge in [-0.15, -0.1) is 0 Å². The summed E-state index contributed by atoms with van der Waals surface area (Å²) in [6.07, 6.45) is 0. The van der Waals surface area contributed by atoms with Crippen LogP contribution in [-0.4, -0.2) is 24.0 Å². The lowest BCUT2D eigenvalue weighted by Gasteiger charge is -2.09. The van der Waals surface area contributed by atoms with Crippen LogP contribution in [0.15, 0.2) is 72.8 Å². The molecule has 0 unspecified atom stereocenters. The SMILES string of the molecule is COc1ccc(-c2nn(Cc3ccc(Cl)cc3)c(-c3ccc(OC)cc3)c2Cl)cc1. The quantitative estimate of drug-likeness (QED) is 0.340. The summed E-state index contributed by atoms with van der Waals surface area (Å²) in [7, 11) is 3.29. The Hall–Kier alpha value is -2.95. The Kier molecular flexibility index (Phi) is 5.98. The maximum Gasteiger partial charge on any atom is 0.118 e. The molecular weight excluding hydrogens is 419 g/mol. The molecule has 4 nitrogen and oxygen atoms in total. The van der Waals surface area contributed by atoms with E-state index in [0.29, 0.717) is 16.6 Å². The lowest BCUT2D eigenvalue weighted by atomic mass is 10.1. The van der Waals surface area contributed by atoms with Crippen LogP contribution in [0.3, 0.4) is 0 Å². The first kappa shape index (κ1) is 20.3. The van der Waals surface area contributed by atoms with Crippen molar-refractivity contribution in [1.29, 1.82) is 0 Å². The van der Waals surface area contributed by atoms with E-state index in [4.69, 9.17) is 37.8 Å². The number of benzene rings is 3. The molecule has 0 bridgehead atoms. The number of ether oxygens (including phenoxy) is 2. The van der Waals surface area contributed by atoms with Crippen molar-refractivity contribution in [2.75, 3.05) is 14.2 Å². The molecule has 0 aliphatic heterocycles. The van der Waals surface area contributed by atoms with Crippen LogP contribution in [0, 0.1) is 0 Å². The van der Waals surface area contributed by atoms with Gasteiger partial charge in [-0.3, -0.25) is 4.68 Å². The van der Waals surface area contributed by atoms with Crippen LogP contribution in [0.5, 0.6) is 11.5 Å². The fraction of sp³-hybridized carbons (Fsp3) is 0.125. The molecule has 3 aromatic carbocycles. The van der Waals surface area contributed by atoms with Gasteiger partial charge in [-0.25, -0.2) is 0 Å². The first-order valence-electron chi connectivity index (χ1n) is 9.38. The number of rotatable bonds is 6. The molecule has 1 heterocycles. The highest BCUT2D eigenvalue weighted by molar-refractivity contribution is 6.35. The Morgan fingerprint density at radius 2 is 1.27 bits per heavy atom. The summed E-state index contributed by atoms with van der Waals surface area (Å²) in [5.74, 6) is 1.57. The van der Waals surface area contributed by atoms with Gasteiger partial charge in [-0.2, -0.15) is 5.10 Å². The van der Waals surface area contributed by atoms with Gasteiger partial charge in [-0.05, 0) is 66.2 Å². The molecule has 1 aromatic heterocycles. The summed E-state index contributed by atoms with van der Waals surface area (Å²) in [6.45, 7) is 0.564. The summed E-state index contributed by atoms with van der Waals surface area (Å²) >= 11 is 12.9. The minimum absolute atomic E-state index is 0.564. The maximum atomic E-state index is 6.87. The van der Waals surface area contributed by atoms with Crippen LogP contribution >= 0.6 is 23.2 Å². The molecule has 0 amide bonds. The lowest BCUT2D eigenvalue weighted by Crippen LogP contribution is -2.04. The first-order valence-corrected chi connectivity index (χ1v) is 10.1. The second-order valence-electron chi connectivity index (χ2n) is 6.75. The van der Waals surface area contributed by atoms with Gasteiger partial charge in [0.15, 0.2) is 0 Å². The summed E-state index contributed by atoms with van der Waals surface area (Å²) in [6, 6.07) is 23.2. The summed E-state index contributed by atoms with van der Waals surface area (Å²) in [4.78, 5) is 0. The van der Waals surface area contributed by atoms with Crippen molar-refractivity contribution in [2.45, 2.75) is 6.54 Å². The average Bonchev–Trinajstić information content (AvgIpc) is 3.11. The molecule has 0 N–H and O–H groups in total. The second-order valence-corrected chi connectivity index (χ2v) is 7.57. The largest absolute Gasteiger partial charge is 0.497 e. The molecule has 152 valence electrons. The molecule has 0 aliphatic carbocycles. The van der Waals surface area contributed by atoms with Crippen LogP contribution in [0.4, 0.5) is 0 Å². The van der Waals surface area contributed by atoms with Gasteiger partial charge in [0.1, 0.15) is 17.2 Å². The van der Waals surface area contributed by atoms with Gasteiger partial charge in [0.05, 0.1) is 31.5 Å². The highest BCUT2D eigenvalue weighted by Gasteiger charge is 2.19. The molecule has 0 spiro atoms. The third kappa shape index (κ3) is 4.16. The van der Waals surface area contributed by atoms with E-state index in [1.807, 2.05) is 77.5 Å². The smallest absolute Gasteiger partial charge is 0.118 e. The second kappa shape index (κ2) is 8.82. The van der Waals surface area contributed by atoms with Gasteiger partial charge in [-0.1, -0.05) is 35.3 Å². The van der Waals surface area contributed by atoms with E-state index < -0.39 is 0 Å². The Bertz CT molecular complexity index is 1140. The number of hydrogen-bond donors (Lipinski definition) is 0. The zero-order valence-electron chi connectivity index (χ0n) is 16.6. The molecule has 0 radical (unpaired) electrons. The lowest BCUT2D eigenvalue weighted by molar-refractivity contribution is 0.414. The van der Waals surface area contributed by atoms with E-state index in [0.717, 1.165) is 39.6 Å². The fourth-order valence-corrected chi connectivity index (χ4v) is 3.75. The first-order chi connectivity index (χ1) is 14.6. The van der Waals surface area contributed by atoms with Gasteiger partial charge >= 0.3 is 0 Å². The fourth-order valence-electron chi connectivity index (χ4n) is 3.28. The molecule has 0 saturated carbocycles. The van der Waals surface area contributed by atoms with Gasteiger partial charge in [0.2, 0.25) is 0 Å². The minimum Gasteiger partial charge on any atom is -0.497 e. The van der Waals surface area contributed by atoms with E-state index in [9.17, 15) is 0 Å². The van der Waals surface area contributed by atoms with Crippen molar-refractivity contribution in [2.24, 2.45) is 0 Å². The number of nitrogens with zero attached hydrogens (tertiary/aromatic N) is 2. The van der Waals surface area contributed by atoms with Crippen molar-refractivity contribution < 1.29 is 9.47 Å². The molecule has 0 atom stereocenters. The summed E-state index contributed by atoms with van der Waals surface area (Å²) in [5.41, 5.74) is 4.53. The Balaban J connectivity index is 1.81. The van der Waals surface area contributed by atoms with Gasteiger partial charge < -0.3 is 9.47 Å². The van der Waals surface area contributed by atoms with Crippen LogP contribution in [0.2, 0.25) is 10.0 Å². The standard InChI is InChI=1S/C24H20Cl2N2O2/c1-29-20-11-5-17(6-12-20)23-22(26)24(18-7-13-21(30-2)14-8-18)28(27-23)15-16-3-9-19(25)10-4-16/h3-14H,15H2,1-2H3. The molecule has 6 heteroatoms. The number of aromatic nitrogens is 2. The minimum atomic E-state index is 0.564. The van der Waals surface area contributed by atoms with E-state index in [2.05, 4.69) is 0 Å². The highest BCUT2D eigenvalue weighted by atomic mass is 35.5. The number of hydrogen-bond acceptors (Lipinski definition) is 3. The van der Waals surface area contributed by atoms with Crippen molar-refractivity contribution in [1.82, 2.24) is 9.78 Å². The average molecular weight is 439 g/mol. The Morgan fingerprint density at radius 3 is 1.80 bits per heavy atom. The van der Waals surface area contributed by atoms with E-state index in [1.165, 1.54) is 0 Å². The molecule has 4 aromatic rings. The van der Waals surface area contributed by atoms with Gasteiger partial charge in [0.25, 0.3) is 0 Å². The highest BCUT2D eigenvalue weighted by Crippen LogP contribution is 2.37. The number of methoxy groups -OCH3 is 2. The third-order valence-electron chi connectivity index (χ3n) is 4.87. The van der Waals surface area contributed by atoms with Crippen molar-refractivity contribution in [3.05, 3.63) is 88.4 Å². The maximum absolute atomic E-state index is 6.87. The number of halogens is 2. The molecule has 30 heavy (non-hydrogen) atoms. The van der Waals surface area contributed by atoms with Crippen LogP contribution in [-0.2, 0) is 6.54 Å². The monoisotopic (exact) mass is 438 g/mol. The predicted molar refractivity (Wildman–Crippen MR) is 122 cm³/mol. The zero-order chi connectivity index (χ0) is 21.1. The van der Waals surface area contributed by atoms with Crippen molar-refractivity contribution in [3.8, 4) is 34.0 Å². The van der Waals surface area contributed by atoms with Crippen LogP contribution in [0.1, 0.15) is 5.56 Å². The predicted octanol–water partition coefficient (Wildman–Crippen LogP) is 6.59. The van der Waals surface area contributed by atoms with Crippen molar-refractivity contribution >= 4 is 23.2 Å². The van der Waals surface area contributed by atoms with Crippen molar-refractivity contribution in [3.63, 3.8) is 0 Å². The summed E-state index contributed by atoms with van der Waals surface area (Å²) < 4.78 is 12.5. The molecule has 4 rings (SSSR count). The van der Waals surface area contributed by atoms with Crippen LogP contribution < -0.4 is 9.47 Å². The zero-order valence-corrected chi connectivity index (χ0v) is 18.1. The molecule has 0 aliphatic rings. The molecular formula is C24H20Cl2N2O2. The van der Waals surface area contributed by atoms with E-state index in [-0.39, 0.29) is 0 Å². The topological polar surface area (TPSA) is 36.3 Å².